The van der Waals surface area contributed by atoms with Crippen LogP contribution in [0.2, 0.25) is 0 Å². The van der Waals surface area contributed by atoms with Crippen molar-refractivity contribution < 1.29 is 4.79 Å². The second-order valence-electron chi connectivity index (χ2n) is 7.79. The lowest BCUT2D eigenvalue weighted by molar-refractivity contribution is 0.0786. The Balaban J connectivity index is 1.37. The zero-order valence-corrected chi connectivity index (χ0v) is 17.9. The second-order valence-corrected chi connectivity index (χ2v) is 8.66. The quantitative estimate of drug-likeness (QED) is 0.532. The normalized spacial score (nSPS) is 14.4. The maximum absolute atomic E-state index is 13.0. The van der Waals surface area contributed by atoms with E-state index < -0.39 is 0 Å². The van der Waals surface area contributed by atoms with Gasteiger partial charge in [-0.3, -0.25) is 18.3 Å². The third-order valence-electron chi connectivity index (χ3n) is 5.91. The molecule has 5 rings (SSSR count). The van der Waals surface area contributed by atoms with Crippen molar-refractivity contribution in [3.05, 3.63) is 57.2 Å². The Labute approximate surface area is 177 Å². The Kier molecular flexibility index (Phi) is 4.71. The van der Waals surface area contributed by atoms with Crippen LogP contribution in [0.25, 0.3) is 16.0 Å². The summed E-state index contributed by atoms with van der Waals surface area (Å²) in [4.78, 5) is 32.5. The highest BCUT2D eigenvalue weighted by Crippen LogP contribution is 2.21. The van der Waals surface area contributed by atoms with Crippen LogP contribution in [0.4, 0.5) is 0 Å². The lowest BCUT2D eigenvalue weighted by atomic mass is 10.2. The monoisotopic (exact) mass is 424 g/mol. The average molecular weight is 425 g/mol. The number of fused-ring (bicyclic) bond motifs is 2. The summed E-state index contributed by atoms with van der Waals surface area (Å²) in [7, 11) is 3.57. The van der Waals surface area contributed by atoms with Crippen LogP contribution in [0.5, 0.6) is 0 Å². The Morgan fingerprint density at radius 1 is 1.13 bits per heavy atom. The van der Waals surface area contributed by atoms with Gasteiger partial charge >= 0.3 is 5.69 Å². The number of likely N-dealkylation sites (tertiary alicyclic amines) is 1. The molecule has 1 aliphatic rings. The number of carbonyl (C=O) groups excluding carboxylic acids is 1. The minimum Gasteiger partial charge on any atom is -0.337 e. The van der Waals surface area contributed by atoms with Crippen molar-refractivity contribution in [2.45, 2.75) is 25.9 Å². The number of thiazole rings is 1. The highest BCUT2D eigenvalue weighted by atomic mass is 32.1. The highest BCUT2D eigenvalue weighted by molar-refractivity contribution is 7.15. The molecule has 4 heterocycles. The summed E-state index contributed by atoms with van der Waals surface area (Å²) in [5, 5.41) is 5.44. The van der Waals surface area contributed by atoms with Crippen LogP contribution >= 0.6 is 11.3 Å². The molecule has 0 saturated carbocycles. The smallest absolute Gasteiger partial charge is 0.328 e. The van der Waals surface area contributed by atoms with Gasteiger partial charge in [0.1, 0.15) is 0 Å². The van der Waals surface area contributed by atoms with E-state index in [0.29, 0.717) is 18.8 Å². The predicted molar refractivity (Wildman–Crippen MR) is 117 cm³/mol. The van der Waals surface area contributed by atoms with Crippen molar-refractivity contribution in [1.29, 1.82) is 0 Å². The Bertz CT molecular complexity index is 1300. The van der Waals surface area contributed by atoms with Crippen LogP contribution in [-0.2, 0) is 27.2 Å². The summed E-state index contributed by atoms with van der Waals surface area (Å²) in [6, 6.07) is 6.05. The Morgan fingerprint density at radius 2 is 1.90 bits per heavy atom. The maximum Gasteiger partial charge on any atom is 0.328 e. The Hall–Kier alpha value is -2.91. The number of nitrogens with one attached hydrogen (secondary N) is 1. The van der Waals surface area contributed by atoms with Crippen LogP contribution in [0, 0.1) is 0 Å². The third kappa shape index (κ3) is 3.05. The molecule has 8 nitrogen and oxygen atoms in total. The summed E-state index contributed by atoms with van der Waals surface area (Å²) in [6.45, 7) is 2.80. The second kappa shape index (κ2) is 7.41. The number of nitrogens with zero attached hydrogens (tertiary/aromatic N) is 5. The zero-order valence-electron chi connectivity index (χ0n) is 17.1. The van der Waals surface area contributed by atoms with E-state index in [4.69, 9.17) is 0 Å². The number of hydrogen-bond donors (Lipinski definition) is 1. The van der Waals surface area contributed by atoms with Crippen molar-refractivity contribution in [1.82, 2.24) is 28.7 Å². The molecule has 30 heavy (non-hydrogen) atoms. The van der Waals surface area contributed by atoms with Crippen LogP contribution in [-0.4, -0.2) is 42.4 Å². The fourth-order valence-corrected chi connectivity index (χ4v) is 4.96. The maximum atomic E-state index is 13.0. The molecule has 1 aromatic carbocycles. The molecule has 0 aliphatic carbocycles. The molecule has 0 bridgehead atoms. The van der Waals surface area contributed by atoms with Gasteiger partial charge in [-0.1, -0.05) is 6.07 Å². The van der Waals surface area contributed by atoms with Crippen LogP contribution in [0.3, 0.4) is 0 Å². The van der Waals surface area contributed by atoms with E-state index in [1.807, 2.05) is 39.1 Å². The molecule has 156 valence electrons. The first-order valence-electron chi connectivity index (χ1n) is 10.1. The first kappa shape index (κ1) is 19.1. The molecular formula is C21H24N6O2S. The molecule has 1 saturated heterocycles. The molecule has 0 atom stereocenters. The number of imidazole rings is 2. The standard InChI is InChI=1S/C21H24N6O2S/c1-24-15-6-5-14(11-16(15)25(2)21(24)29)12-22-13-17-18(19(28)26-7-3-4-8-26)23-20-27(17)9-10-30-20/h5-6,9-11,22H,3-4,7-8,12-13H2,1-2H3. The molecule has 1 N–H and O–H groups in total. The SMILES string of the molecule is Cn1c(=O)n(C)c2cc(CNCc3c(C(=O)N4CCCC4)nc4sccn34)ccc21. The number of carbonyl (C=O) groups is 1. The van der Waals surface area contributed by atoms with Gasteiger partial charge in [0, 0.05) is 51.9 Å². The largest absolute Gasteiger partial charge is 0.337 e. The fourth-order valence-electron chi connectivity index (χ4n) is 4.23. The van der Waals surface area contributed by atoms with Crippen molar-refractivity contribution in [3.8, 4) is 0 Å². The first-order valence-corrected chi connectivity index (χ1v) is 11.0. The topological polar surface area (TPSA) is 76.6 Å². The van der Waals surface area contributed by atoms with E-state index in [9.17, 15) is 9.59 Å². The van der Waals surface area contributed by atoms with Gasteiger partial charge in [-0.2, -0.15) is 0 Å². The van der Waals surface area contributed by atoms with Crippen molar-refractivity contribution in [2.75, 3.05) is 13.1 Å². The highest BCUT2D eigenvalue weighted by Gasteiger charge is 2.26. The number of amides is 1. The van der Waals surface area contributed by atoms with E-state index in [0.717, 1.165) is 53.2 Å². The molecule has 0 radical (unpaired) electrons. The molecule has 0 unspecified atom stereocenters. The van der Waals surface area contributed by atoms with Gasteiger partial charge in [-0.15, -0.1) is 11.3 Å². The molecule has 0 spiro atoms. The number of aromatic nitrogens is 4. The summed E-state index contributed by atoms with van der Waals surface area (Å²) in [5.74, 6) is 0.0286. The molecule has 9 heteroatoms. The van der Waals surface area contributed by atoms with E-state index in [-0.39, 0.29) is 11.6 Å². The summed E-state index contributed by atoms with van der Waals surface area (Å²) >= 11 is 1.54. The van der Waals surface area contributed by atoms with E-state index in [2.05, 4.69) is 10.3 Å². The molecule has 3 aromatic heterocycles. The lowest BCUT2D eigenvalue weighted by Gasteiger charge is -2.15. The van der Waals surface area contributed by atoms with Gasteiger partial charge in [0.2, 0.25) is 0 Å². The summed E-state index contributed by atoms with van der Waals surface area (Å²) in [5.41, 5.74) is 4.34. The molecule has 1 fully saturated rings. The van der Waals surface area contributed by atoms with Gasteiger partial charge in [0.05, 0.1) is 16.7 Å². The molecular weight excluding hydrogens is 400 g/mol. The number of hydrogen-bond acceptors (Lipinski definition) is 5. The van der Waals surface area contributed by atoms with Gasteiger partial charge in [-0.05, 0) is 30.5 Å². The minimum absolute atomic E-state index is 0.0284. The van der Waals surface area contributed by atoms with E-state index in [1.54, 1.807) is 23.2 Å². The van der Waals surface area contributed by atoms with Crippen LogP contribution in [0.15, 0.2) is 34.6 Å². The van der Waals surface area contributed by atoms with Crippen LogP contribution in [0.1, 0.15) is 34.6 Å². The zero-order chi connectivity index (χ0) is 20.8. The van der Waals surface area contributed by atoms with E-state index in [1.165, 1.54) is 11.3 Å². The molecule has 4 aromatic rings. The van der Waals surface area contributed by atoms with Gasteiger partial charge in [0.25, 0.3) is 5.91 Å². The lowest BCUT2D eigenvalue weighted by Crippen LogP contribution is -2.29. The number of benzene rings is 1. The number of rotatable bonds is 5. The van der Waals surface area contributed by atoms with Crippen molar-refractivity contribution in [2.24, 2.45) is 14.1 Å². The first-order chi connectivity index (χ1) is 14.5. The van der Waals surface area contributed by atoms with Crippen molar-refractivity contribution >= 4 is 33.2 Å². The number of aryl methyl sites for hydroxylation is 2. The third-order valence-corrected chi connectivity index (χ3v) is 6.67. The van der Waals surface area contributed by atoms with Gasteiger partial charge in [0.15, 0.2) is 10.7 Å². The van der Waals surface area contributed by atoms with Crippen molar-refractivity contribution in [3.63, 3.8) is 0 Å². The van der Waals surface area contributed by atoms with Gasteiger partial charge < -0.3 is 10.2 Å². The minimum atomic E-state index is -0.0284. The van der Waals surface area contributed by atoms with Gasteiger partial charge in [-0.25, -0.2) is 9.78 Å². The molecule has 1 amide bonds. The fraction of sp³-hybridized carbons (Fsp3) is 0.381. The summed E-state index contributed by atoms with van der Waals surface area (Å²) in [6.07, 6.45) is 4.09. The predicted octanol–water partition coefficient (Wildman–Crippen LogP) is 2.11. The Morgan fingerprint density at radius 3 is 2.70 bits per heavy atom. The van der Waals surface area contributed by atoms with E-state index >= 15 is 0 Å². The van der Waals surface area contributed by atoms with Crippen LogP contribution < -0.4 is 11.0 Å². The average Bonchev–Trinajstić information content (AvgIpc) is 3.52. The molecule has 1 aliphatic heterocycles. The summed E-state index contributed by atoms with van der Waals surface area (Å²) < 4.78 is 5.32.